The van der Waals surface area contributed by atoms with E-state index in [0.29, 0.717) is 0 Å². The number of hydrogen-bond donors (Lipinski definition) is 2. The van der Waals surface area contributed by atoms with Crippen LogP contribution in [0, 0.1) is 5.41 Å². The second kappa shape index (κ2) is 6.40. The molecule has 0 aromatic heterocycles. The first-order valence-electron chi connectivity index (χ1n) is 7.20. The summed E-state index contributed by atoms with van der Waals surface area (Å²) in [5.74, 6) is 0.0260. The van der Waals surface area contributed by atoms with E-state index in [4.69, 9.17) is 0 Å². The van der Waals surface area contributed by atoms with Crippen molar-refractivity contribution in [1.82, 2.24) is 10.6 Å². The van der Waals surface area contributed by atoms with Crippen LogP contribution in [0.15, 0.2) is 30.3 Å². The van der Waals surface area contributed by atoms with E-state index in [0.717, 1.165) is 12.0 Å². The molecular weight excluding hydrogens is 248 g/mol. The lowest BCUT2D eigenvalue weighted by atomic mass is 9.85. The normalized spacial score (nSPS) is 13.9. The largest absolute Gasteiger partial charge is 0.348 e. The Balaban J connectivity index is 2.93. The maximum Gasteiger partial charge on any atom is 0.240 e. The molecule has 2 N–H and O–H groups in total. The highest BCUT2D eigenvalue weighted by atomic mass is 16.2. The third-order valence-electron chi connectivity index (χ3n) is 3.52. The molecule has 0 fully saturated rings. The Morgan fingerprint density at radius 3 is 2.10 bits per heavy atom. The number of likely N-dealkylation sites (N-methyl/N-ethyl adjacent to an activating group) is 1. The van der Waals surface area contributed by atoms with Crippen LogP contribution in [0.4, 0.5) is 0 Å². The van der Waals surface area contributed by atoms with Gasteiger partial charge in [-0.2, -0.15) is 0 Å². The van der Waals surface area contributed by atoms with Crippen LogP contribution in [0.3, 0.4) is 0 Å². The van der Waals surface area contributed by atoms with Crippen molar-refractivity contribution in [2.75, 3.05) is 7.05 Å². The Labute approximate surface area is 123 Å². The molecule has 0 aliphatic heterocycles. The predicted octanol–water partition coefficient (Wildman–Crippen LogP) is 3.28. The van der Waals surface area contributed by atoms with Crippen molar-refractivity contribution in [3.8, 4) is 0 Å². The lowest BCUT2D eigenvalue weighted by Crippen LogP contribution is -2.52. The number of benzene rings is 1. The van der Waals surface area contributed by atoms with Gasteiger partial charge in [0.15, 0.2) is 0 Å². The van der Waals surface area contributed by atoms with Crippen LogP contribution >= 0.6 is 0 Å². The lowest BCUT2D eigenvalue weighted by molar-refractivity contribution is -0.127. The molecular formula is C17H28N2O. The van der Waals surface area contributed by atoms with Gasteiger partial charge in [-0.1, -0.05) is 51.1 Å². The summed E-state index contributed by atoms with van der Waals surface area (Å²) in [4.78, 5) is 12.4. The number of amides is 1. The minimum Gasteiger partial charge on any atom is -0.348 e. The van der Waals surface area contributed by atoms with Crippen LogP contribution in [-0.2, 0) is 4.79 Å². The molecule has 0 aliphatic rings. The second-order valence-electron chi connectivity index (χ2n) is 7.08. The van der Waals surface area contributed by atoms with Crippen LogP contribution in [0.2, 0.25) is 0 Å². The molecule has 0 bridgehead atoms. The van der Waals surface area contributed by atoms with Gasteiger partial charge < -0.3 is 10.6 Å². The van der Waals surface area contributed by atoms with Gasteiger partial charge in [-0.25, -0.2) is 0 Å². The summed E-state index contributed by atoms with van der Waals surface area (Å²) in [6.07, 6.45) is 0.905. The third-order valence-corrected chi connectivity index (χ3v) is 3.52. The molecule has 3 nitrogen and oxygen atoms in total. The van der Waals surface area contributed by atoms with E-state index in [-0.39, 0.29) is 17.4 Å². The molecule has 1 atom stereocenters. The molecule has 3 heteroatoms. The van der Waals surface area contributed by atoms with Gasteiger partial charge in [-0.05, 0) is 38.3 Å². The van der Waals surface area contributed by atoms with Crippen molar-refractivity contribution in [2.45, 2.75) is 52.6 Å². The van der Waals surface area contributed by atoms with Gasteiger partial charge in [0.1, 0.15) is 0 Å². The summed E-state index contributed by atoms with van der Waals surface area (Å²) in [7, 11) is 1.81. The first kappa shape index (κ1) is 16.7. The topological polar surface area (TPSA) is 41.1 Å². The van der Waals surface area contributed by atoms with E-state index in [1.165, 1.54) is 0 Å². The number of rotatable bonds is 5. The highest BCUT2D eigenvalue weighted by Crippen LogP contribution is 2.29. The van der Waals surface area contributed by atoms with E-state index in [1.54, 1.807) is 7.05 Å². The van der Waals surface area contributed by atoms with Crippen molar-refractivity contribution >= 4 is 5.91 Å². The van der Waals surface area contributed by atoms with Gasteiger partial charge in [-0.3, -0.25) is 4.79 Å². The summed E-state index contributed by atoms with van der Waals surface area (Å²) < 4.78 is 0. The van der Waals surface area contributed by atoms with Crippen LogP contribution in [0.25, 0.3) is 0 Å². The molecule has 0 saturated heterocycles. The van der Waals surface area contributed by atoms with Gasteiger partial charge in [0.05, 0.1) is 11.6 Å². The minimum absolute atomic E-state index is 0.0260. The molecule has 0 heterocycles. The Morgan fingerprint density at radius 1 is 1.10 bits per heavy atom. The maximum absolute atomic E-state index is 12.4. The fourth-order valence-corrected chi connectivity index (χ4v) is 2.00. The molecule has 1 aromatic carbocycles. The number of nitrogens with one attached hydrogen (secondary N) is 2. The summed E-state index contributed by atoms with van der Waals surface area (Å²) in [6, 6.07) is 10.2. The van der Waals surface area contributed by atoms with Crippen molar-refractivity contribution in [3.05, 3.63) is 35.9 Å². The summed E-state index contributed by atoms with van der Waals surface area (Å²) >= 11 is 0. The van der Waals surface area contributed by atoms with E-state index in [2.05, 4.69) is 43.5 Å². The van der Waals surface area contributed by atoms with Crippen LogP contribution in [0.1, 0.15) is 52.6 Å². The fraction of sp³-hybridized carbons (Fsp3) is 0.588. The zero-order valence-electron chi connectivity index (χ0n) is 13.6. The van der Waals surface area contributed by atoms with Gasteiger partial charge in [0.2, 0.25) is 5.91 Å². The van der Waals surface area contributed by atoms with Gasteiger partial charge in [0, 0.05) is 0 Å². The first-order valence-corrected chi connectivity index (χ1v) is 7.20. The standard InChI is InChI=1S/C17H28N2O/c1-16(2,3)12-14(13-10-8-7-9-11-13)19-15(20)17(4,5)18-6/h7-11,14,18H,12H2,1-6H3,(H,19,20). The molecule has 1 aromatic rings. The van der Waals surface area contributed by atoms with Crippen LogP contribution < -0.4 is 10.6 Å². The highest BCUT2D eigenvalue weighted by Gasteiger charge is 2.29. The van der Waals surface area contributed by atoms with E-state index in [9.17, 15) is 4.79 Å². The monoisotopic (exact) mass is 276 g/mol. The average molecular weight is 276 g/mol. The van der Waals surface area contributed by atoms with Gasteiger partial charge >= 0.3 is 0 Å². The van der Waals surface area contributed by atoms with Crippen molar-refractivity contribution < 1.29 is 4.79 Å². The second-order valence-corrected chi connectivity index (χ2v) is 7.08. The number of carbonyl (C=O) groups is 1. The van der Waals surface area contributed by atoms with Crippen molar-refractivity contribution in [1.29, 1.82) is 0 Å². The molecule has 20 heavy (non-hydrogen) atoms. The molecule has 0 saturated carbocycles. The Kier molecular flexibility index (Phi) is 5.35. The molecule has 0 aliphatic carbocycles. The van der Waals surface area contributed by atoms with E-state index >= 15 is 0 Å². The van der Waals surface area contributed by atoms with Crippen LogP contribution in [0.5, 0.6) is 0 Å². The average Bonchev–Trinajstić information content (AvgIpc) is 2.37. The fourth-order valence-electron chi connectivity index (χ4n) is 2.00. The lowest BCUT2D eigenvalue weighted by Gasteiger charge is -2.31. The van der Waals surface area contributed by atoms with Crippen LogP contribution in [-0.4, -0.2) is 18.5 Å². The quantitative estimate of drug-likeness (QED) is 0.866. The molecule has 0 spiro atoms. The summed E-state index contributed by atoms with van der Waals surface area (Å²) in [5, 5.41) is 6.23. The van der Waals surface area contributed by atoms with Gasteiger partial charge in [-0.15, -0.1) is 0 Å². The zero-order chi connectivity index (χ0) is 15.4. The highest BCUT2D eigenvalue weighted by molar-refractivity contribution is 5.85. The maximum atomic E-state index is 12.4. The minimum atomic E-state index is -0.565. The SMILES string of the molecule is CNC(C)(C)C(=O)NC(CC(C)(C)C)c1ccccc1. The number of carbonyl (C=O) groups excluding carboxylic acids is 1. The molecule has 1 amide bonds. The predicted molar refractivity (Wildman–Crippen MR) is 84.5 cm³/mol. The zero-order valence-corrected chi connectivity index (χ0v) is 13.6. The van der Waals surface area contributed by atoms with E-state index < -0.39 is 5.54 Å². The summed E-state index contributed by atoms with van der Waals surface area (Å²) in [5.41, 5.74) is 0.741. The smallest absolute Gasteiger partial charge is 0.240 e. The Bertz CT molecular complexity index is 432. The van der Waals surface area contributed by atoms with Gasteiger partial charge in [0.25, 0.3) is 0 Å². The molecule has 112 valence electrons. The summed E-state index contributed by atoms with van der Waals surface area (Å²) in [6.45, 7) is 10.4. The van der Waals surface area contributed by atoms with Crippen molar-refractivity contribution in [2.24, 2.45) is 5.41 Å². The van der Waals surface area contributed by atoms with Crippen molar-refractivity contribution in [3.63, 3.8) is 0 Å². The van der Waals surface area contributed by atoms with E-state index in [1.807, 2.05) is 32.0 Å². The Morgan fingerprint density at radius 2 is 1.65 bits per heavy atom. The molecule has 1 unspecified atom stereocenters. The molecule has 1 rings (SSSR count). The third kappa shape index (κ3) is 4.97. The number of hydrogen-bond acceptors (Lipinski definition) is 2. The first-order chi connectivity index (χ1) is 9.15. The Hall–Kier alpha value is -1.35. The molecule has 0 radical (unpaired) electrons.